The van der Waals surface area contributed by atoms with Gasteiger partial charge in [0.2, 0.25) is 15.9 Å². The van der Waals surface area contributed by atoms with Gasteiger partial charge in [-0.2, -0.15) is 17.5 Å². The highest BCUT2D eigenvalue weighted by molar-refractivity contribution is 7.89. The van der Waals surface area contributed by atoms with Gasteiger partial charge in [-0.15, -0.1) is 0 Å². The first-order valence-corrected chi connectivity index (χ1v) is 15.4. The van der Waals surface area contributed by atoms with Gasteiger partial charge >= 0.3 is 6.18 Å². The second-order valence-corrected chi connectivity index (χ2v) is 12.9. The van der Waals surface area contributed by atoms with E-state index in [1.54, 1.807) is 0 Å². The molecule has 6 nitrogen and oxygen atoms in total. The van der Waals surface area contributed by atoms with Crippen LogP contribution in [0.4, 0.5) is 13.2 Å². The van der Waals surface area contributed by atoms with Crippen molar-refractivity contribution >= 4 is 15.9 Å². The fourth-order valence-electron chi connectivity index (χ4n) is 5.93. The van der Waals surface area contributed by atoms with Gasteiger partial charge in [0.1, 0.15) is 0 Å². The third-order valence-corrected chi connectivity index (χ3v) is 10.3. The van der Waals surface area contributed by atoms with Gasteiger partial charge in [-0.25, -0.2) is 8.42 Å². The molecule has 1 aliphatic heterocycles. The molecule has 1 saturated carbocycles. The van der Waals surface area contributed by atoms with E-state index in [1.165, 1.54) is 40.8 Å². The summed E-state index contributed by atoms with van der Waals surface area (Å²) in [5, 5.41) is 6.72. The summed E-state index contributed by atoms with van der Waals surface area (Å²) in [6, 6.07) is 10.2. The number of hydrogen-bond donors (Lipinski definition) is 2. The lowest BCUT2D eigenvalue weighted by atomic mass is 9.86. The first-order chi connectivity index (χ1) is 18.6. The van der Waals surface area contributed by atoms with Crippen molar-refractivity contribution in [2.45, 2.75) is 100.0 Å². The molecule has 3 aliphatic rings. The number of amides is 1. The molecular weight excluding hydrogens is 527 g/mol. The lowest BCUT2D eigenvalue weighted by molar-refractivity contribution is -0.137. The number of aryl methyl sites for hydroxylation is 1. The Morgan fingerprint density at radius 2 is 1.79 bits per heavy atom. The monoisotopic (exact) mass is 563 g/mol. The number of nitrogens with one attached hydrogen (secondary N) is 2. The third kappa shape index (κ3) is 6.49. The number of rotatable bonds is 8. The Balaban J connectivity index is 1.25. The van der Waals surface area contributed by atoms with Crippen LogP contribution >= 0.6 is 0 Å². The predicted octanol–water partition coefficient (Wildman–Crippen LogP) is 5.47. The minimum absolute atomic E-state index is 0.0204. The van der Waals surface area contributed by atoms with Crippen LogP contribution in [0.15, 0.2) is 47.4 Å². The molecule has 0 spiro atoms. The molecule has 5 rings (SSSR count). The van der Waals surface area contributed by atoms with E-state index < -0.39 is 32.7 Å². The molecule has 2 fully saturated rings. The average Bonchev–Trinajstić information content (AvgIpc) is 2.87. The van der Waals surface area contributed by atoms with Crippen LogP contribution in [0.5, 0.6) is 0 Å². The maximum atomic E-state index is 13.4. The number of hydrogen-bond acceptors (Lipinski definition) is 4. The zero-order chi connectivity index (χ0) is 27.6. The second kappa shape index (κ2) is 11.6. The summed E-state index contributed by atoms with van der Waals surface area (Å²) in [6.45, 7) is 1.02. The summed E-state index contributed by atoms with van der Waals surface area (Å²) in [5.74, 6) is -0.236. The van der Waals surface area contributed by atoms with E-state index in [-0.39, 0.29) is 24.9 Å². The van der Waals surface area contributed by atoms with E-state index >= 15 is 0 Å². The highest BCUT2D eigenvalue weighted by atomic mass is 32.2. The van der Waals surface area contributed by atoms with Crippen molar-refractivity contribution in [2.24, 2.45) is 0 Å². The standard InChI is InChI=1S/C29H36F3N3O3S/c30-29(31,32)22-7-4-11-25(17-22)39(37,38)35-15-2-1-10-24(35)18-28(36)34-27-12-3-6-21-16-20(13-14-26(21)27)19-33-23-8-5-9-23/h4,7,11,13-14,16-17,23-24,27,33H,1-3,5-6,8-10,12,15,18-19H2,(H,34,36). The lowest BCUT2D eigenvalue weighted by Crippen LogP contribution is -2.46. The van der Waals surface area contributed by atoms with E-state index in [0.717, 1.165) is 49.9 Å². The number of nitrogens with zero attached hydrogens (tertiary/aromatic N) is 1. The molecular formula is C29H36F3N3O3S. The fourth-order valence-corrected chi connectivity index (χ4v) is 7.67. The molecule has 2 unspecified atom stereocenters. The Kier molecular flexibility index (Phi) is 8.35. The Bertz CT molecular complexity index is 1290. The van der Waals surface area contributed by atoms with E-state index in [9.17, 15) is 26.4 Å². The third-order valence-electron chi connectivity index (χ3n) is 8.32. The predicted molar refractivity (Wildman–Crippen MR) is 142 cm³/mol. The largest absolute Gasteiger partial charge is 0.416 e. The summed E-state index contributed by atoms with van der Waals surface area (Å²) < 4.78 is 67.7. The number of piperidine rings is 1. The highest BCUT2D eigenvalue weighted by Crippen LogP contribution is 2.34. The van der Waals surface area contributed by atoms with Gasteiger partial charge in [0, 0.05) is 31.6 Å². The second-order valence-electron chi connectivity index (χ2n) is 11.0. The first-order valence-electron chi connectivity index (χ1n) is 13.9. The molecule has 2 N–H and O–H groups in total. The van der Waals surface area contributed by atoms with Crippen molar-refractivity contribution < 1.29 is 26.4 Å². The topological polar surface area (TPSA) is 78.5 Å². The Hall–Kier alpha value is -2.43. The van der Waals surface area contributed by atoms with Gasteiger partial charge in [-0.05, 0) is 79.8 Å². The minimum Gasteiger partial charge on any atom is -0.349 e. The Labute approximate surface area is 228 Å². The molecule has 10 heteroatoms. The molecule has 39 heavy (non-hydrogen) atoms. The van der Waals surface area contributed by atoms with Crippen LogP contribution in [-0.2, 0) is 34.0 Å². The van der Waals surface area contributed by atoms with Crippen LogP contribution in [0.2, 0.25) is 0 Å². The van der Waals surface area contributed by atoms with Crippen molar-refractivity contribution in [1.29, 1.82) is 0 Å². The van der Waals surface area contributed by atoms with Crippen LogP contribution in [0, 0.1) is 0 Å². The summed E-state index contributed by atoms with van der Waals surface area (Å²) >= 11 is 0. The zero-order valence-corrected chi connectivity index (χ0v) is 22.8. The molecule has 2 aromatic rings. The van der Waals surface area contributed by atoms with Gasteiger partial charge in [0.15, 0.2) is 0 Å². The number of carbonyl (C=O) groups excluding carboxylic acids is 1. The number of carbonyl (C=O) groups is 1. The van der Waals surface area contributed by atoms with Gasteiger partial charge in [-0.1, -0.05) is 37.1 Å². The number of sulfonamides is 1. The number of fused-ring (bicyclic) bond motifs is 1. The van der Waals surface area contributed by atoms with Gasteiger partial charge in [-0.3, -0.25) is 4.79 Å². The van der Waals surface area contributed by atoms with Crippen molar-refractivity contribution in [3.8, 4) is 0 Å². The summed E-state index contributed by atoms with van der Waals surface area (Å²) in [7, 11) is -4.19. The molecule has 2 aromatic carbocycles. The smallest absolute Gasteiger partial charge is 0.349 e. The van der Waals surface area contributed by atoms with E-state index in [4.69, 9.17) is 0 Å². The van der Waals surface area contributed by atoms with E-state index in [1.807, 2.05) is 0 Å². The molecule has 212 valence electrons. The van der Waals surface area contributed by atoms with Gasteiger partial charge in [0.25, 0.3) is 0 Å². The molecule has 0 bridgehead atoms. The quantitative estimate of drug-likeness (QED) is 0.446. The molecule has 0 aromatic heterocycles. The van der Waals surface area contributed by atoms with Crippen LogP contribution < -0.4 is 10.6 Å². The SMILES string of the molecule is O=C(CC1CCCCN1S(=O)(=O)c1cccc(C(F)(F)F)c1)NC1CCCc2cc(CNC3CCC3)ccc21. The summed E-state index contributed by atoms with van der Waals surface area (Å²) in [4.78, 5) is 12.8. The highest BCUT2D eigenvalue weighted by Gasteiger charge is 2.37. The van der Waals surface area contributed by atoms with E-state index in [0.29, 0.717) is 24.9 Å². The van der Waals surface area contributed by atoms with Crippen molar-refractivity contribution in [1.82, 2.24) is 14.9 Å². The van der Waals surface area contributed by atoms with Crippen LogP contribution in [0.25, 0.3) is 0 Å². The molecule has 1 amide bonds. The van der Waals surface area contributed by atoms with Crippen LogP contribution in [-0.4, -0.2) is 37.3 Å². The number of benzene rings is 2. The van der Waals surface area contributed by atoms with Crippen LogP contribution in [0.3, 0.4) is 0 Å². The normalized spacial score (nSPS) is 22.6. The molecule has 2 atom stereocenters. The molecule has 1 heterocycles. The zero-order valence-electron chi connectivity index (χ0n) is 22.0. The van der Waals surface area contributed by atoms with Crippen molar-refractivity contribution in [2.75, 3.05) is 6.54 Å². The Morgan fingerprint density at radius 3 is 2.54 bits per heavy atom. The summed E-state index contributed by atoms with van der Waals surface area (Å²) in [6.07, 6.45) is 3.68. The van der Waals surface area contributed by atoms with Gasteiger partial charge < -0.3 is 10.6 Å². The lowest BCUT2D eigenvalue weighted by Gasteiger charge is -2.35. The maximum absolute atomic E-state index is 13.4. The van der Waals surface area contributed by atoms with E-state index in [2.05, 4.69) is 28.8 Å². The first kappa shape index (κ1) is 28.1. The van der Waals surface area contributed by atoms with Crippen LogP contribution in [0.1, 0.15) is 86.1 Å². The van der Waals surface area contributed by atoms with Gasteiger partial charge in [0.05, 0.1) is 16.5 Å². The average molecular weight is 564 g/mol. The maximum Gasteiger partial charge on any atom is 0.416 e. The molecule has 1 saturated heterocycles. The molecule has 0 radical (unpaired) electrons. The molecule has 2 aliphatic carbocycles. The van der Waals surface area contributed by atoms with Crippen molar-refractivity contribution in [3.63, 3.8) is 0 Å². The Morgan fingerprint density at radius 1 is 0.974 bits per heavy atom. The minimum atomic E-state index is -4.64. The summed E-state index contributed by atoms with van der Waals surface area (Å²) in [5.41, 5.74) is 2.59. The van der Waals surface area contributed by atoms with Crippen molar-refractivity contribution in [3.05, 3.63) is 64.7 Å². The fraction of sp³-hybridized carbons (Fsp3) is 0.552. The number of alkyl halides is 3. The number of halogens is 3.